The van der Waals surface area contributed by atoms with E-state index in [9.17, 15) is 0 Å². The molecule has 0 aliphatic heterocycles. The van der Waals surface area contributed by atoms with Gasteiger partial charge in [-0.15, -0.1) is 11.3 Å². The summed E-state index contributed by atoms with van der Waals surface area (Å²) in [4.78, 5) is 1.35. The Morgan fingerprint density at radius 1 is 1.28 bits per heavy atom. The lowest BCUT2D eigenvalue weighted by Crippen LogP contribution is -2.15. The summed E-state index contributed by atoms with van der Waals surface area (Å²) in [5, 5.41) is 6.58. The van der Waals surface area contributed by atoms with Crippen LogP contribution >= 0.6 is 22.9 Å². The number of hydrogen-bond donors (Lipinski definition) is 1. The van der Waals surface area contributed by atoms with E-state index >= 15 is 0 Å². The molecule has 1 saturated carbocycles. The van der Waals surface area contributed by atoms with Gasteiger partial charge in [-0.2, -0.15) is 0 Å². The van der Waals surface area contributed by atoms with Crippen molar-refractivity contribution in [3.05, 3.63) is 45.1 Å². The van der Waals surface area contributed by atoms with Gasteiger partial charge in [0.05, 0.1) is 0 Å². The monoisotopic (exact) mass is 277 g/mol. The highest BCUT2D eigenvalue weighted by Crippen LogP contribution is 2.29. The van der Waals surface area contributed by atoms with Crippen LogP contribution in [0.15, 0.2) is 29.6 Å². The molecule has 1 heterocycles. The summed E-state index contributed by atoms with van der Waals surface area (Å²) in [6.07, 6.45) is 2.61. The second kappa shape index (κ2) is 5.04. The third kappa shape index (κ3) is 2.77. The van der Waals surface area contributed by atoms with E-state index < -0.39 is 0 Å². The quantitative estimate of drug-likeness (QED) is 0.859. The van der Waals surface area contributed by atoms with E-state index in [1.54, 1.807) is 11.3 Å². The highest BCUT2D eigenvalue weighted by atomic mass is 35.5. The summed E-state index contributed by atoms with van der Waals surface area (Å²) in [6.45, 7) is 3.01. The first-order valence-corrected chi connectivity index (χ1v) is 7.55. The van der Waals surface area contributed by atoms with E-state index in [1.807, 2.05) is 6.07 Å². The smallest absolute Gasteiger partial charge is 0.0451 e. The van der Waals surface area contributed by atoms with Gasteiger partial charge in [-0.05, 0) is 60.0 Å². The van der Waals surface area contributed by atoms with Gasteiger partial charge < -0.3 is 5.32 Å². The average molecular weight is 278 g/mol. The van der Waals surface area contributed by atoms with Gasteiger partial charge in [0, 0.05) is 22.5 Å². The Balaban J connectivity index is 1.84. The zero-order valence-electron chi connectivity index (χ0n) is 10.4. The number of nitrogens with one attached hydrogen (secondary N) is 1. The van der Waals surface area contributed by atoms with Crippen molar-refractivity contribution in [2.45, 2.75) is 32.4 Å². The Kier molecular flexibility index (Phi) is 3.42. The third-order valence-corrected chi connectivity index (χ3v) is 4.50. The van der Waals surface area contributed by atoms with Gasteiger partial charge in [0.25, 0.3) is 0 Å². The molecule has 0 saturated heterocycles. The van der Waals surface area contributed by atoms with Crippen LogP contribution in [-0.2, 0) is 6.54 Å². The average Bonchev–Trinajstić information content (AvgIpc) is 3.09. The zero-order valence-corrected chi connectivity index (χ0v) is 11.9. The maximum absolute atomic E-state index is 6.26. The van der Waals surface area contributed by atoms with E-state index in [0.717, 1.165) is 11.6 Å². The van der Waals surface area contributed by atoms with Crippen LogP contribution in [0.25, 0.3) is 11.1 Å². The Labute approximate surface area is 117 Å². The van der Waals surface area contributed by atoms with Crippen molar-refractivity contribution in [2.75, 3.05) is 0 Å². The molecule has 1 aliphatic carbocycles. The van der Waals surface area contributed by atoms with E-state index in [2.05, 4.69) is 35.8 Å². The minimum Gasteiger partial charge on any atom is -0.310 e. The maximum atomic E-state index is 6.26. The van der Waals surface area contributed by atoms with E-state index in [1.165, 1.54) is 34.4 Å². The van der Waals surface area contributed by atoms with Crippen LogP contribution in [0.1, 0.15) is 23.3 Å². The molecule has 0 amide bonds. The van der Waals surface area contributed by atoms with Crippen molar-refractivity contribution >= 4 is 22.9 Å². The predicted molar refractivity (Wildman–Crippen MR) is 79.4 cm³/mol. The fraction of sp³-hybridized carbons (Fsp3) is 0.333. The van der Waals surface area contributed by atoms with Gasteiger partial charge in [-0.1, -0.05) is 17.7 Å². The molecule has 0 atom stereocenters. The fourth-order valence-corrected chi connectivity index (χ4v) is 2.92. The lowest BCUT2D eigenvalue weighted by Gasteiger charge is -2.08. The van der Waals surface area contributed by atoms with Crippen molar-refractivity contribution in [1.29, 1.82) is 0 Å². The molecule has 1 N–H and O–H groups in total. The van der Waals surface area contributed by atoms with Gasteiger partial charge in [0.15, 0.2) is 0 Å². The highest BCUT2D eigenvalue weighted by molar-refractivity contribution is 7.10. The number of hydrogen-bond acceptors (Lipinski definition) is 2. The summed E-state index contributed by atoms with van der Waals surface area (Å²) in [6, 6.07) is 9.26. The SMILES string of the molecule is Cc1cc(-c2ccc(Cl)c(CNC3CC3)c2)cs1. The molecule has 1 aliphatic rings. The van der Waals surface area contributed by atoms with Crippen LogP contribution in [0.4, 0.5) is 0 Å². The molecule has 18 heavy (non-hydrogen) atoms. The number of benzene rings is 1. The van der Waals surface area contributed by atoms with Crippen molar-refractivity contribution in [2.24, 2.45) is 0 Å². The molecule has 1 nitrogen and oxygen atoms in total. The van der Waals surface area contributed by atoms with Gasteiger partial charge in [0.1, 0.15) is 0 Å². The van der Waals surface area contributed by atoms with Crippen LogP contribution in [0.2, 0.25) is 5.02 Å². The third-order valence-electron chi connectivity index (χ3n) is 3.27. The zero-order chi connectivity index (χ0) is 12.5. The fourth-order valence-electron chi connectivity index (χ4n) is 2.03. The molecule has 0 radical (unpaired) electrons. The molecular weight excluding hydrogens is 262 g/mol. The normalized spacial score (nSPS) is 15.0. The second-order valence-electron chi connectivity index (χ2n) is 4.91. The lowest BCUT2D eigenvalue weighted by atomic mass is 10.1. The molecule has 2 aromatic rings. The molecule has 0 unspecified atom stereocenters. The summed E-state index contributed by atoms with van der Waals surface area (Å²) < 4.78 is 0. The van der Waals surface area contributed by atoms with Crippen molar-refractivity contribution in [1.82, 2.24) is 5.32 Å². The molecular formula is C15H16ClNS. The molecule has 0 spiro atoms. The summed E-state index contributed by atoms with van der Waals surface area (Å²) in [5.41, 5.74) is 3.75. The van der Waals surface area contributed by atoms with Crippen molar-refractivity contribution in [3.63, 3.8) is 0 Å². The highest BCUT2D eigenvalue weighted by Gasteiger charge is 2.20. The van der Waals surface area contributed by atoms with E-state index in [0.29, 0.717) is 6.04 Å². The largest absolute Gasteiger partial charge is 0.310 e. The van der Waals surface area contributed by atoms with Gasteiger partial charge >= 0.3 is 0 Å². The van der Waals surface area contributed by atoms with E-state index in [-0.39, 0.29) is 0 Å². The Hall–Kier alpha value is -0.830. The van der Waals surface area contributed by atoms with Gasteiger partial charge in [0.2, 0.25) is 0 Å². The number of thiophene rings is 1. The molecule has 0 bridgehead atoms. The van der Waals surface area contributed by atoms with Crippen LogP contribution in [-0.4, -0.2) is 6.04 Å². The number of rotatable bonds is 4. The minimum atomic E-state index is 0.716. The van der Waals surface area contributed by atoms with Gasteiger partial charge in [-0.3, -0.25) is 0 Å². The first-order chi connectivity index (χ1) is 8.72. The molecule has 3 rings (SSSR count). The van der Waals surface area contributed by atoms with Crippen LogP contribution in [0.3, 0.4) is 0 Å². The first-order valence-electron chi connectivity index (χ1n) is 6.30. The lowest BCUT2D eigenvalue weighted by molar-refractivity contribution is 0.688. The van der Waals surface area contributed by atoms with Crippen molar-refractivity contribution < 1.29 is 0 Å². The Bertz CT molecular complexity index is 557. The summed E-state index contributed by atoms with van der Waals surface area (Å²) in [7, 11) is 0. The Morgan fingerprint density at radius 2 is 2.11 bits per heavy atom. The summed E-state index contributed by atoms with van der Waals surface area (Å²) >= 11 is 8.04. The number of aryl methyl sites for hydroxylation is 1. The summed E-state index contributed by atoms with van der Waals surface area (Å²) in [5.74, 6) is 0. The molecule has 1 aromatic carbocycles. The minimum absolute atomic E-state index is 0.716. The molecule has 1 aromatic heterocycles. The second-order valence-corrected chi connectivity index (χ2v) is 6.43. The van der Waals surface area contributed by atoms with Crippen LogP contribution in [0.5, 0.6) is 0 Å². The molecule has 1 fully saturated rings. The Morgan fingerprint density at radius 3 is 2.78 bits per heavy atom. The van der Waals surface area contributed by atoms with E-state index in [4.69, 9.17) is 11.6 Å². The first kappa shape index (κ1) is 12.2. The van der Waals surface area contributed by atoms with Gasteiger partial charge in [-0.25, -0.2) is 0 Å². The maximum Gasteiger partial charge on any atom is 0.0451 e. The van der Waals surface area contributed by atoms with Crippen LogP contribution < -0.4 is 5.32 Å². The standard InChI is InChI=1S/C15H16ClNS/c1-10-6-13(9-18-10)11-2-5-15(16)12(7-11)8-17-14-3-4-14/h2,5-7,9,14,17H,3-4,8H2,1H3. The topological polar surface area (TPSA) is 12.0 Å². The predicted octanol–water partition coefficient (Wildman–Crippen LogP) is 4.63. The number of halogens is 1. The van der Waals surface area contributed by atoms with Crippen molar-refractivity contribution in [3.8, 4) is 11.1 Å². The molecule has 3 heteroatoms. The molecule has 94 valence electrons. The van der Waals surface area contributed by atoms with Crippen LogP contribution in [0, 0.1) is 6.92 Å².